The first-order valence-corrected chi connectivity index (χ1v) is 4.23. The first-order valence-electron chi connectivity index (χ1n) is 3.44. The van der Waals surface area contributed by atoms with Crippen molar-refractivity contribution >= 4 is 15.9 Å². The molecule has 1 rings (SSSR count). The summed E-state index contributed by atoms with van der Waals surface area (Å²) in [6, 6.07) is 0. The van der Waals surface area contributed by atoms with Crippen LogP contribution in [0.3, 0.4) is 0 Å². The van der Waals surface area contributed by atoms with Crippen LogP contribution in [-0.4, -0.2) is 17.3 Å². The van der Waals surface area contributed by atoms with Gasteiger partial charge in [-0.05, 0) is 21.8 Å². The van der Waals surface area contributed by atoms with Gasteiger partial charge in [-0.15, -0.1) is 5.10 Å². The molecule has 0 aliphatic heterocycles. The van der Waals surface area contributed by atoms with Crippen molar-refractivity contribution in [3.8, 4) is 5.88 Å². The topological polar surface area (TPSA) is 37.9 Å². The van der Waals surface area contributed by atoms with Gasteiger partial charge in [-0.3, -0.25) is 5.10 Å². The fraction of sp³-hybridized carbons (Fsp3) is 0.571. The van der Waals surface area contributed by atoms with Crippen LogP contribution in [0.15, 0.2) is 4.47 Å². The average Bonchev–Trinajstić information content (AvgIpc) is 2.30. The Morgan fingerprint density at radius 3 is 2.45 bits per heavy atom. The molecule has 1 aromatic rings. The van der Waals surface area contributed by atoms with E-state index in [1.807, 2.05) is 0 Å². The van der Waals surface area contributed by atoms with E-state index in [-0.39, 0.29) is 0 Å². The molecule has 0 atom stereocenters. The van der Waals surface area contributed by atoms with Gasteiger partial charge in [0.05, 0.1) is 12.8 Å². The van der Waals surface area contributed by atoms with E-state index in [9.17, 15) is 0 Å². The third-order valence-corrected chi connectivity index (χ3v) is 2.24. The number of hydrogen-bond donors (Lipinski definition) is 1. The van der Waals surface area contributed by atoms with Gasteiger partial charge in [0.2, 0.25) is 5.88 Å². The maximum Gasteiger partial charge on any atom is 0.247 e. The summed E-state index contributed by atoms with van der Waals surface area (Å²) in [5.41, 5.74) is 1.07. The van der Waals surface area contributed by atoms with Gasteiger partial charge >= 0.3 is 0 Å². The van der Waals surface area contributed by atoms with E-state index in [2.05, 4.69) is 40.0 Å². The molecular formula is C7H11BrN2O. The summed E-state index contributed by atoms with van der Waals surface area (Å²) in [5, 5.41) is 6.86. The van der Waals surface area contributed by atoms with Crippen LogP contribution in [-0.2, 0) is 0 Å². The van der Waals surface area contributed by atoms with Crippen molar-refractivity contribution in [2.75, 3.05) is 7.11 Å². The van der Waals surface area contributed by atoms with Gasteiger partial charge in [0.1, 0.15) is 4.47 Å². The molecule has 4 heteroatoms. The molecule has 0 saturated heterocycles. The highest BCUT2D eigenvalue weighted by atomic mass is 79.9. The van der Waals surface area contributed by atoms with E-state index in [4.69, 9.17) is 4.74 Å². The van der Waals surface area contributed by atoms with Crippen molar-refractivity contribution in [1.29, 1.82) is 0 Å². The Labute approximate surface area is 74.3 Å². The van der Waals surface area contributed by atoms with Crippen LogP contribution < -0.4 is 4.74 Å². The van der Waals surface area contributed by atoms with Crippen LogP contribution in [0.1, 0.15) is 25.5 Å². The molecule has 0 amide bonds. The zero-order chi connectivity index (χ0) is 8.43. The number of rotatable bonds is 2. The minimum absolute atomic E-state index is 0.431. The molecule has 3 nitrogen and oxygen atoms in total. The molecular weight excluding hydrogens is 208 g/mol. The van der Waals surface area contributed by atoms with Crippen molar-refractivity contribution in [3.63, 3.8) is 0 Å². The number of halogens is 1. The number of aromatic nitrogens is 2. The first kappa shape index (κ1) is 8.59. The Balaban J connectivity index is 3.00. The lowest BCUT2D eigenvalue weighted by molar-refractivity contribution is 0.394. The Morgan fingerprint density at radius 2 is 2.18 bits per heavy atom. The van der Waals surface area contributed by atoms with Crippen LogP contribution >= 0.6 is 15.9 Å². The van der Waals surface area contributed by atoms with E-state index in [0.717, 1.165) is 10.2 Å². The predicted molar refractivity (Wildman–Crippen MR) is 46.9 cm³/mol. The summed E-state index contributed by atoms with van der Waals surface area (Å²) >= 11 is 3.39. The van der Waals surface area contributed by atoms with Gasteiger partial charge < -0.3 is 4.74 Å². The summed E-state index contributed by atoms with van der Waals surface area (Å²) in [6.07, 6.45) is 0. The molecule has 0 fully saturated rings. The number of nitrogens with zero attached hydrogens (tertiary/aromatic N) is 1. The smallest absolute Gasteiger partial charge is 0.247 e. The molecule has 1 aromatic heterocycles. The Morgan fingerprint density at radius 1 is 1.55 bits per heavy atom. The molecule has 0 aliphatic rings. The molecule has 0 radical (unpaired) electrons. The van der Waals surface area contributed by atoms with Gasteiger partial charge in [-0.2, -0.15) is 0 Å². The summed E-state index contributed by atoms with van der Waals surface area (Å²) in [7, 11) is 1.60. The van der Waals surface area contributed by atoms with Crippen molar-refractivity contribution in [1.82, 2.24) is 10.2 Å². The highest BCUT2D eigenvalue weighted by molar-refractivity contribution is 9.10. The Kier molecular flexibility index (Phi) is 2.54. The zero-order valence-corrected chi connectivity index (χ0v) is 8.40. The molecule has 0 spiro atoms. The molecule has 1 heterocycles. The van der Waals surface area contributed by atoms with Crippen LogP contribution in [0.25, 0.3) is 0 Å². The fourth-order valence-electron chi connectivity index (χ4n) is 0.842. The number of hydrogen-bond acceptors (Lipinski definition) is 2. The second kappa shape index (κ2) is 3.26. The average molecular weight is 219 g/mol. The summed E-state index contributed by atoms with van der Waals surface area (Å²) < 4.78 is 5.91. The Bertz CT molecular complexity index is 245. The van der Waals surface area contributed by atoms with Crippen LogP contribution in [0, 0.1) is 0 Å². The van der Waals surface area contributed by atoms with Gasteiger partial charge in [-0.1, -0.05) is 13.8 Å². The van der Waals surface area contributed by atoms with E-state index < -0.39 is 0 Å². The minimum atomic E-state index is 0.431. The fourth-order valence-corrected chi connectivity index (χ4v) is 1.64. The lowest BCUT2D eigenvalue weighted by Gasteiger charge is -2.00. The van der Waals surface area contributed by atoms with E-state index >= 15 is 0 Å². The van der Waals surface area contributed by atoms with Gasteiger partial charge in [0, 0.05) is 0 Å². The number of methoxy groups -OCH3 is 1. The van der Waals surface area contributed by atoms with E-state index in [1.54, 1.807) is 7.11 Å². The second-order valence-electron chi connectivity index (χ2n) is 2.62. The largest absolute Gasteiger partial charge is 0.479 e. The second-order valence-corrected chi connectivity index (χ2v) is 3.41. The third-order valence-electron chi connectivity index (χ3n) is 1.47. The molecule has 0 aromatic carbocycles. The lowest BCUT2D eigenvalue weighted by Crippen LogP contribution is -1.87. The van der Waals surface area contributed by atoms with Gasteiger partial charge in [0.25, 0.3) is 0 Å². The summed E-state index contributed by atoms with van der Waals surface area (Å²) in [4.78, 5) is 0. The highest BCUT2D eigenvalue weighted by Crippen LogP contribution is 2.29. The molecule has 11 heavy (non-hydrogen) atoms. The van der Waals surface area contributed by atoms with Crippen LogP contribution in [0.4, 0.5) is 0 Å². The molecule has 1 N–H and O–H groups in total. The maximum absolute atomic E-state index is 4.99. The molecule has 0 saturated carbocycles. The van der Waals surface area contributed by atoms with Crippen molar-refractivity contribution in [2.45, 2.75) is 19.8 Å². The van der Waals surface area contributed by atoms with Crippen LogP contribution in [0.5, 0.6) is 5.88 Å². The van der Waals surface area contributed by atoms with Crippen molar-refractivity contribution in [2.24, 2.45) is 0 Å². The number of aromatic amines is 1. The minimum Gasteiger partial charge on any atom is -0.479 e. The number of ether oxygens (including phenoxy) is 1. The molecule has 0 unspecified atom stereocenters. The van der Waals surface area contributed by atoms with Crippen LogP contribution in [0.2, 0.25) is 0 Å². The maximum atomic E-state index is 4.99. The SMILES string of the molecule is COc1n[nH]c(C(C)C)c1Br. The number of nitrogens with one attached hydrogen (secondary N) is 1. The first-order chi connectivity index (χ1) is 5.16. The monoisotopic (exact) mass is 218 g/mol. The molecule has 0 aliphatic carbocycles. The molecule has 62 valence electrons. The van der Waals surface area contributed by atoms with Crippen molar-refractivity contribution in [3.05, 3.63) is 10.2 Å². The van der Waals surface area contributed by atoms with E-state index in [0.29, 0.717) is 11.8 Å². The number of H-pyrrole nitrogens is 1. The summed E-state index contributed by atoms with van der Waals surface area (Å²) in [5.74, 6) is 1.05. The predicted octanol–water partition coefficient (Wildman–Crippen LogP) is 2.30. The third kappa shape index (κ3) is 1.56. The Hall–Kier alpha value is -0.510. The quantitative estimate of drug-likeness (QED) is 0.828. The van der Waals surface area contributed by atoms with Crippen molar-refractivity contribution < 1.29 is 4.74 Å². The van der Waals surface area contributed by atoms with Gasteiger partial charge in [0.15, 0.2) is 0 Å². The highest BCUT2D eigenvalue weighted by Gasteiger charge is 2.12. The van der Waals surface area contributed by atoms with E-state index in [1.165, 1.54) is 0 Å². The normalized spacial score (nSPS) is 10.6. The molecule has 0 bridgehead atoms. The standard InChI is InChI=1S/C7H11BrN2O/c1-4(2)6-5(8)7(11-3)10-9-6/h4H,1-3H3,(H,9,10). The van der Waals surface area contributed by atoms with Gasteiger partial charge in [-0.25, -0.2) is 0 Å². The summed E-state index contributed by atoms with van der Waals surface area (Å²) in [6.45, 7) is 4.19. The lowest BCUT2D eigenvalue weighted by atomic mass is 10.1. The zero-order valence-electron chi connectivity index (χ0n) is 6.81.